The summed E-state index contributed by atoms with van der Waals surface area (Å²) in [7, 11) is 0. The van der Waals surface area contributed by atoms with E-state index in [9.17, 15) is 14.4 Å². The maximum atomic E-state index is 13.2. The van der Waals surface area contributed by atoms with Gasteiger partial charge in [0.1, 0.15) is 17.2 Å². The molecule has 0 unspecified atom stereocenters. The average Bonchev–Trinajstić information content (AvgIpc) is 3.83. The van der Waals surface area contributed by atoms with E-state index < -0.39 is 0 Å². The van der Waals surface area contributed by atoms with Crippen molar-refractivity contribution in [3.05, 3.63) is 69.3 Å². The second kappa shape index (κ2) is 8.61. The van der Waals surface area contributed by atoms with Crippen molar-refractivity contribution in [3.8, 4) is 11.4 Å². The molecule has 0 bridgehead atoms. The minimum Gasteiger partial charge on any atom is -0.363 e. The monoisotopic (exact) mass is 471 g/mol. The third-order valence-electron chi connectivity index (χ3n) is 6.59. The third kappa shape index (κ3) is 4.39. The van der Waals surface area contributed by atoms with Crippen LogP contribution < -0.4 is 16.6 Å². The van der Waals surface area contributed by atoms with Gasteiger partial charge < -0.3 is 10.3 Å². The van der Waals surface area contributed by atoms with Gasteiger partial charge in [0.05, 0.1) is 6.54 Å². The predicted molar refractivity (Wildman–Crippen MR) is 130 cm³/mol. The summed E-state index contributed by atoms with van der Waals surface area (Å²) in [6.45, 7) is 1.14. The van der Waals surface area contributed by atoms with Crippen LogP contribution in [0.1, 0.15) is 36.0 Å². The first-order valence-electron chi connectivity index (χ1n) is 11.9. The molecule has 2 aliphatic rings. The van der Waals surface area contributed by atoms with Crippen LogP contribution in [0.5, 0.6) is 0 Å². The number of fused-ring (bicyclic) bond motifs is 1. The summed E-state index contributed by atoms with van der Waals surface area (Å²) in [6, 6.07) is 7.00. The van der Waals surface area contributed by atoms with Crippen LogP contribution in [0.25, 0.3) is 22.6 Å². The lowest BCUT2D eigenvalue weighted by atomic mass is 10.2. The van der Waals surface area contributed by atoms with Crippen LogP contribution in [0, 0.1) is 11.8 Å². The zero-order valence-corrected chi connectivity index (χ0v) is 19.1. The predicted octanol–water partition coefficient (Wildman–Crippen LogP) is 2.46. The van der Waals surface area contributed by atoms with Gasteiger partial charge in [0, 0.05) is 42.8 Å². The fraction of sp³-hybridized carbons (Fsp3) is 0.360. The Balaban J connectivity index is 1.27. The number of hydrogen-bond donors (Lipinski definition) is 2. The van der Waals surface area contributed by atoms with E-state index in [1.165, 1.54) is 10.8 Å². The van der Waals surface area contributed by atoms with Crippen molar-refractivity contribution < 1.29 is 4.79 Å². The maximum absolute atomic E-state index is 13.2. The summed E-state index contributed by atoms with van der Waals surface area (Å²) in [6.07, 6.45) is 9.07. The number of carbonyl (C=O) groups is 1. The van der Waals surface area contributed by atoms with Gasteiger partial charge in [-0.1, -0.05) is 0 Å². The summed E-state index contributed by atoms with van der Waals surface area (Å²) >= 11 is 0. The van der Waals surface area contributed by atoms with Gasteiger partial charge in [-0.05, 0) is 61.8 Å². The highest BCUT2D eigenvalue weighted by Gasteiger charge is 2.28. The number of nitrogens with zero attached hydrogens (tertiary/aromatic N) is 5. The molecule has 0 atom stereocenters. The summed E-state index contributed by atoms with van der Waals surface area (Å²) in [4.78, 5) is 54.7. The number of H-pyrrole nitrogens is 1. The van der Waals surface area contributed by atoms with Crippen LogP contribution in [-0.4, -0.2) is 41.4 Å². The number of carbonyl (C=O) groups excluding carboxylic acids is 1. The maximum Gasteiger partial charge on any atom is 0.332 e. The van der Waals surface area contributed by atoms with Crippen molar-refractivity contribution in [1.29, 1.82) is 0 Å². The lowest BCUT2D eigenvalue weighted by Gasteiger charge is -2.10. The number of rotatable bonds is 9. The Hall–Kier alpha value is -4.08. The highest BCUT2D eigenvalue weighted by atomic mass is 16.2. The van der Waals surface area contributed by atoms with Gasteiger partial charge in [-0.25, -0.2) is 14.8 Å². The van der Waals surface area contributed by atoms with Crippen LogP contribution in [0.15, 0.2) is 52.4 Å². The molecule has 2 aliphatic carbocycles. The lowest BCUT2D eigenvalue weighted by Crippen LogP contribution is -2.41. The molecular weight excluding hydrogens is 446 g/mol. The second-order valence-electron chi connectivity index (χ2n) is 9.43. The van der Waals surface area contributed by atoms with Crippen LogP contribution in [0.4, 0.5) is 5.82 Å². The fourth-order valence-corrected chi connectivity index (χ4v) is 4.19. The van der Waals surface area contributed by atoms with Gasteiger partial charge >= 0.3 is 5.69 Å². The number of pyridine rings is 2. The summed E-state index contributed by atoms with van der Waals surface area (Å²) < 4.78 is 3.03. The normalized spacial score (nSPS) is 15.4. The lowest BCUT2D eigenvalue weighted by molar-refractivity contribution is 0.101. The van der Waals surface area contributed by atoms with Crippen molar-refractivity contribution in [2.45, 2.75) is 38.8 Å². The Bertz CT molecular complexity index is 1510. The molecule has 4 heterocycles. The van der Waals surface area contributed by atoms with E-state index in [-0.39, 0.29) is 23.6 Å². The first-order valence-corrected chi connectivity index (χ1v) is 11.9. The molecule has 0 aromatic carbocycles. The molecule has 4 aromatic rings. The highest BCUT2D eigenvalue weighted by Crippen LogP contribution is 2.32. The van der Waals surface area contributed by atoms with E-state index in [2.05, 4.69) is 25.3 Å². The smallest absolute Gasteiger partial charge is 0.332 e. The third-order valence-corrected chi connectivity index (χ3v) is 6.59. The largest absolute Gasteiger partial charge is 0.363 e. The molecule has 6 rings (SSSR count). The molecule has 4 aromatic heterocycles. The topological polar surface area (TPSA) is 128 Å². The van der Waals surface area contributed by atoms with E-state index in [0.29, 0.717) is 58.9 Å². The Morgan fingerprint density at radius 3 is 2.46 bits per heavy atom. The quantitative estimate of drug-likeness (QED) is 0.359. The molecule has 0 aliphatic heterocycles. The number of aromatic amines is 1. The van der Waals surface area contributed by atoms with E-state index in [1.54, 1.807) is 35.2 Å². The minimum atomic E-state index is -0.317. The Kier molecular flexibility index (Phi) is 5.28. The van der Waals surface area contributed by atoms with Crippen molar-refractivity contribution in [2.75, 3.05) is 11.9 Å². The summed E-state index contributed by atoms with van der Waals surface area (Å²) in [5.41, 5.74) is 1.38. The van der Waals surface area contributed by atoms with E-state index in [0.717, 1.165) is 25.7 Å². The Morgan fingerprint density at radius 1 is 1.03 bits per heavy atom. The standard InChI is InChI=1S/C25H25N7O3/c33-19(17-2-1-9-26-10-17)12-28-20-8-7-18(11-27-20)22-29-21-23(30-22)31(13-15-3-4-15)25(35)32(24(21)34)14-16-5-6-16/h1-2,7-11,15-16H,3-6,12-14H2,(H,27,28)(H,29,30). The molecule has 2 fully saturated rings. The molecule has 2 N–H and O–H groups in total. The molecule has 10 heteroatoms. The van der Waals surface area contributed by atoms with Crippen molar-refractivity contribution >= 4 is 22.8 Å². The molecule has 0 saturated heterocycles. The number of nitrogens with one attached hydrogen (secondary N) is 2. The highest BCUT2D eigenvalue weighted by molar-refractivity contribution is 5.98. The van der Waals surface area contributed by atoms with Crippen molar-refractivity contribution in [3.63, 3.8) is 0 Å². The van der Waals surface area contributed by atoms with E-state index in [4.69, 9.17) is 0 Å². The molecular formula is C25H25N7O3. The first-order chi connectivity index (χ1) is 17.1. The Labute approximate surface area is 200 Å². The average molecular weight is 472 g/mol. The Morgan fingerprint density at radius 2 is 1.80 bits per heavy atom. The molecule has 0 radical (unpaired) electrons. The molecule has 10 nitrogen and oxygen atoms in total. The zero-order valence-electron chi connectivity index (χ0n) is 19.1. The molecule has 178 valence electrons. The van der Waals surface area contributed by atoms with Crippen LogP contribution >= 0.6 is 0 Å². The number of aromatic nitrogens is 6. The van der Waals surface area contributed by atoms with Gasteiger partial charge in [0.25, 0.3) is 5.56 Å². The number of ketones is 1. The van der Waals surface area contributed by atoms with Crippen molar-refractivity contribution in [1.82, 2.24) is 29.1 Å². The number of Topliss-reactive ketones (excluding diaryl/α,β-unsaturated/α-hetero) is 1. The van der Waals surface area contributed by atoms with Gasteiger partial charge in [0.2, 0.25) is 0 Å². The van der Waals surface area contributed by atoms with Crippen LogP contribution in [0.3, 0.4) is 0 Å². The van der Waals surface area contributed by atoms with Gasteiger partial charge in [-0.3, -0.25) is 23.7 Å². The van der Waals surface area contributed by atoms with Crippen LogP contribution in [-0.2, 0) is 13.1 Å². The van der Waals surface area contributed by atoms with Crippen LogP contribution in [0.2, 0.25) is 0 Å². The summed E-state index contributed by atoms with van der Waals surface area (Å²) in [5.74, 6) is 1.81. The molecule has 0 spiro atoms. The van der Waals surface area contributed by atoms with E-state index >= 15 is 0 Å². The minimum absolute atomic E-state index is 0.0858. The zero-order chi connectivity index (χ0) is 23.9. The molecule has 0 amide bonds. The fourth-order valence-electron chi connectivity index (χ4n) is 4.19. The summed E-state index contributed by atoms with van der Waals surface area (Å²) in [5, 5.41) is 3.02. The first kappa shape index (κ1) is 21.5. The van der Waals surface area contributed by atoms with Crippen molar-refractivity contribution in [2.24, 2.45) is 11.8 Å². The van der Waals surface area contributed by atoms with E-state index in [1.807, 2.05) is 6.07 Å². The van der Waals surface area contributed by atoms with Gasteiger partial charge in [-0.15, -0.1) is 0 Å². The molecule has 2 saturated carbocycles. The number of anilines is 1. The molecule has 35 heavy (non-hydrogen) atoms. The number of hydrogen-bond acceptors (Lipinski definition) is 7. The van der Waals surface area contributed by atoms with Gasteiger partial charge in [0.15, 0.2) is 11.4 Å². The SMILES string of the molecule is O=C(CNc1ccc(-c2nc3c([nH]2)c(=O)n(CC2CC2)c(=O)n3CC2CC2)cn1)c1cccnc1. The van der Waals surface area contributed by atoms with Gasteiger partial charge in [-0.2, -0.15) is 0 Å². The number of imidazole rings is 1. The second-order valence-corrected chi connectivity index (χ2v) is 9.43.